The number of benzene rings is 2. The second-order valence-electron chi connectivity index (χ2n) is 6.51. The molecule has 0 unspecified atom stereocenters. The van der Waals surface area contributed by atoms with Crippen LogP contribution in [0.25, 0.3) is 0 Å². The second kappa shape index (κ2) is 9.95. The summed E-state index contributed by atoms with van der Waals surface area (Å²) in [6, 6.07) is 17.9. The molecule has 2 N–H and O–H groups in total. The van der Waals surface area contributed by atoms with E-state index in [9.17, 15) is 0 Å². The maximum Gasteiger partial charge on any atom is 0.224 e. The largest absolute Gasteiger partial charge is 0.496 e. The summed E-state index contributed by atoms with van der Waals surface area (Å²) in [7, 11) is 1.70. The molecule has 0 fully saturated rings. The number of hydrogen-bond acceptors (Lipinski definition) is 5. The molecule has 0 bridgehead atoms. The molecule has 0 aliphatic carbocycles. The van der Waals surface area contributed by atoms with Crippen LogP contribution in [0.2, 0.25) is 5.02 Å². The highest BCUT2D eigenvalue weighted by Crippen LogP contribution is 2.18. The second-order valence-corrected chi connectivity index (χ2v) is 6.95. The number of anilines is 2. The van der Waals surface area contributed by atoms with Crippen molar-refractivity contribution in [3.8, 4) is 5.75 Å². The minimum Gasteiger partial charge on any atom is -0.496 e. The van der Waals surface area contributed by atoms with Crippen molar-refractivity contribution < 1.29 is 4.74 Å². The molecule has 0 atom stereocenters. The fraction of sp³-hybridized carbons (Fsp3) is 0.273. The molecule has 5 nitrogen and oxygen atoms in total. The SMILES string of the molecule is COc1ccccc1CCNc1cc(C)nc(NCCc2cccc(Cl)c2)n1. The van der Waals surface area contributed by atoms with E-state index in [0.717, 1.165) is 48.2 Å². The average Bonchev–Trinajstić information content (AvgIpc) is 2.68. The predicted molar refractivity (Wildman–Crippen MR) is 116 cm³/mol. The van der Waals surface area contributed by atoms with E-state index in [1.54, 1.807) is 7.11 Å². The Bertz CT molecular complexity index is 917. The Morgan fingerprint density at radius 3 is 2.57 bits per heavy atom. The molecular weight excluding hydrogens is 372 g/mol. The van der Waals surface area contributed by atoms with Gasteiger partial charge in [0, 0.05) is 29.9 Å². The molecule has 2 aromatic carbocycles. The van der Waals surface area contributed by atoms with E-state index in [-0.39, 0.29) is 0 Å². The molecule has 0 aliphatic rings. The number of rotatable bonds is 9. The van der Waals surface area contributed by atoms with Crippen molar-refractivity contribution in [2.75, 3.05) is 30.8 Å². The maximum absolute atomic E-state index is 6.03. The van der Waals surface area contributed by atoms with Gasteiger partial charge in [-0.15, -0.1) is 0 Å². The molecule has 3 aromatic rings. The van der Waals surface area contributed by atoms with E-state index >= 15 is 0 Å². The first kappa shape index (κ1) is 20.0. The Balaban J connectivity index is 1.54. The molecule has 28 heavy (non-hydrogen) atoms. The van der Waals surface area contributed by atoms with Gasteiger partial charge in [-0.2, -0.15) is 4.98 Å². The standard InChI is InChI=1S/C22H25ClN4O/c1-16-14-21(24-13-11-18-7-3-4-9-20(18)28-2)27-22(26-16)25-12-10-17-6-5-8-19(23)15-17/h3-9,14-15H,10-13H2,1-2H3,(H2,24,25,26,27). The summed E-state index contributed by atoms with van der Waals surface area (Å²) in [6.07, 6.45) is 1.71. The monoisotopic (exact) mass is 396 g/mol. The van der Waals surface area contributed by atoms with Gasteiger partial charge in [0.15, 0.2) is 0 Å². The summed E-state index contributed by atoms with van der Waals surface area (Å²) < 4.78 is 5.40. The van der Waals surface area contributed by atoms with Crippen LogP contribution in [0.15, 0.2) is 54.6 Å². The van der Waals surface area contributed by atoms with Gasteiger partial charge < -0.3 is 15.4 Å². The number of hydrogen-bond donors (Lipinski definition) is 2. The zero-order valence-electron chi connectivity index (χ0n) is 16.2. The zero-order chi connectivity index (χ0) is 19.8. The van der Waals surface area contributed by atoms with E-state index < -0.39 is 0 Å². The van der Waals surface area contributed by atoms with Crippen molar-refractivity contribution >= 4 is 23.4 Å². The van der Waals surface area contributed by atoms with Gasteiger partial charge in [-0.1, -0.05) is 41.9 Å². The van der Waals surface area contributed by atoms with Crippen molar-refractivity contribution in [2.24, 2.45) is 0 Å². The number of para-hydroxylation sites is 1. The number of nitrogens with one attached hydrogen (secondary N) is 2. The van der Waals surface area contributed by atoms with Crippen molar-refractivity contribution in [1.82, 2.24) is 9.97 Å². The van der Waals surface area contributed by atoms with Crippen LogP contribution in [-0.2, 0) is 12.8 Å². The number of methoxy groups -OCH3 is 1. The summed E-state index contributed by atoms with van der Waals surface area (Å²) >= 11 is 6.03. The van der Waals surface area contributed by atoms with Crippen molar-refractivity contribution in [3.63, 3.8) is 0 Å². The van der Waals surface area contributed by atoms with Gasteiger partial charge in [0.2, 0.25) is 5.95 Å². The summed E-state index contributed by atoms with van der Waals surface area (Å²) in [5.74, 6) is 2.35. The third-order valence-corrected chi connectivity index (χ3v) is 4.57. The van der Waals surface area contributed by atoms with E-state index in [1.807, 2.05) is 49.4 Å². The van der Waals surface area contributed by atoms with Crippen LogP contribution in [0.3, 0.4) is 0 Å². The van der Waals surface area contributed by atoms with Gasteiger partial charge in [0.1, 0.15) is 11.6 Å². The van der Waals surface area contributed by atoms with Gasteiger partial charge >= 0.3 is 0 Å². The molecular formula is C22H25ClN4O. The molecule has 0 radical (unpaired) electrons. The molecule has 6 heteroatoms. The Kier molecular flexibility index (Phi) is 7.09. The Morgan fingerprint density at radius 2 is 1.75 bits per heavy atom. The molecule has 1 heterocycles. The van der Waals surface area contributed by atoms with Gasteiger partial charge in [0.25, 0.3) is 0 Å². The summed E-state index contributed by atoms with van der Waals surface area (Å²) in [4.78, 5) is 9.03. The van der Waals surface area contributed by atoms with Gasteiger partial charge in [-0.25, -0.2) is 4.98 Å². The lowest BCUT2D eigenvalue weighted by Crippen LogP contribution is -2.12. The van der Waals surface area contributed by atoms with Gasteiger partial charge in [-0.3, -0.25) is 0 Å². The van der Waals surface area contributed by atoms with E-state index in [4.69, 9.17) is 16.3 Å². The number of halogens is 1. The van der Waals surface area contributed by atoms with Crippen LogP contribution < -0.4 is 15.4 Å². The molecule has 0 saturated heterocycles. The number of aromatic nitrogens is 2. The number of nitrogens with zero attached hydrogens (tertiary/aromatic N) is 2. The molecule has 0 spiro atoms. The van der Waals surface area contributed by atoms with Gasteiger partial charge in [-0.05, 0) is 49.1 Å². The first-order valence-electron chi connectivity index (χ1n) is 9.34. The summed E-state index contributed by atoms with van der Waals surface area (Å²) in [5, 5.41) is 7.43. The van der Waals surface area contributed by atoms with Crippen molar-refractivity contribution in [1.29, 1.82) is 0 Å². The summed E-state index contributed by atoms with van der Waals surface area (Å²) in [6.45, 7) is 3.47. The maximum atomic E-state index is 6.03. The lowest BCUT2D eigenvalue weighted by atomic mass is 10.1. The van der Waals surface area contributed by atoms with Crippen LogP contribution in [0.5, 0.6) is 5.75 Å². The predicted octanol–water partition coefficient (Wildman–Crippen LogP) is 4.76. The lowest BCUT2D eigenvalue weighted by Gasteiger charge is -2.11. The van der Waals surface area contributed by atoms with Crippen LogP contribution >= 0.6 is 11.6 Å². The third-order valence-electron chi connectivity index (χ3n) is 4.33. The third kappa shape index (κ3) is 5.86. The van der Waals surface area contributed by atoms with E-state index in [2.05, 4.69) is 32.7 Å². The van der Waals surface area contributed by atoms with E-state index in [1.165, 1.54) is 11.1 Å². The van der Waals surface area contributed by atoms with E-state index in [0.29, 0.717) is 5.95 Å². The zero-order valence-corrected chi connectivity index (χ0v) is 17.0. The summed E-state index contributed by atoms with van der Waals surface area (Å²) in [5.41, 5.74) is 3.27. The minimum atomic E-state index is 0.627. The topological polar surface area (TPSA) is 59.1 Å². The highest BCUT2D eigenvalue weighted by Gasteiger charge is 2.04. The van der Waals surface area contributed by atoms with Crippen LogP contribution in [0.4, 0.5) is 11.8 Å². The first-order chi connectivity index (χ1) is 13.6. The lowest BCUT2D eigenvalue weighted by molar-refractivity contribution is 0.410. The molecule has 3 rings (SSSR count). The quantitative estimate of drug-likeness (QED) is 0.546. The fourth-order valence-electron chi connectivity index (χ4n) is 2.98. The fourth-order valence-corrected chi connectivity index (χ4v) is 3.20. The molecule has 0 aliphatic heterocycles. The van der Waals surface area contributed by atoms with Crippen molar-refractivity contribution in [2.45, 2.75) is 19.8 Å². The van der Waals surface area contributed by atoms with Crippen LogP contribution in [0.1, 0.15) is 16.8 Å². The minimum absolute atomic E-state index is 0.627. The van der Waals surface area contributed by atoms with Crippen LogP contribution in [0, 0.1) is 6.92 Å². The normalized spacial score (nSPS) is 10.5. The first-order valence-corrected chi connectivity index (χ1v) is 9.71. The number of aryl methyl sites for hydroxylation is 1. The highest BCUT2D eigenvalue weighted by molar-refractivity contribution is 6.30. The molecule has 0 saturated carbocycles. The number of ether oxygens (including phenoxy) is 1. The average molecular weight is 397 g/mol. The Labute approximate surface area is 171 Å². The smallest absolute Gasteiger partial charge is 0.224 e. The molecule has 1 aromatic heterocycles. The van der Waals surface area contributed by atoms with Crippen LogP contribution in [-0.4, -0.2) is 30.2 Å². The Morgan fingerprint density at radius 1 is 0.929 bits per heavy atom. The van der Waals surface area contributed by atoms with Crippen molar-refractivity contribution in [3.05, 3.63) is 76.4 Å². The molecule has 146 valence electrons. The molecule has 0 amide bonds. The van der Waals surface area contributed by atoms with Gasteiger partial charge in [0.05, 0.1) is 7.11 Å². The Hall–Kier alpha value is -2.79. The highest BCUT2D eigenvalue weighted by atomic mass is 35.5.